The third kappa shape index (κ3) is 4.00. The van der Waals surface area contributed by atoms with Gasteiger partial charge in [-0.25, -0.2) is 0 Å². The van der Waals surface area contributed by atoms with E-state index in [1.54, 1.807) is 33.3 Å². The molecule has 0 aliphatic carbocycles. The van der Waals surface area contributed by atoms with Crippen LogP contribution in [0.2, 0.25) is 0 Å². The molecule has 0 radical (unpaired) electrons. The van der Waals surface area contributed by atoms with Crippen molar-refractivity contribution in [3.63, 3.8) is 0 Å². The van der Waals surface area contributed by atoms with Gasteiger partial charge in [0.05, 0.1) is 30.3 Å². The zero-order chi connectivity index (χ0) is 19.4. The van der Waals surface area contributed by atoms with E-state index in [9.17, 15) is 14.7 Å². The molecule has 0 bridgehead atoms. The second kappa shape index (κ2) is 7.69. The van der Waals surface area contributed by atoms with Crippen molar-refractivity contribution in [2.24, 2.45) is 4.99 Å². The standard InChI is InChI=1S/C19H21N3O4/c1-12(6-7-18(24)21(3)4)11-22-13(2)10-20-15-9-16(23)17(26-5)8-14(15)19(22)25/h6-11,23H,2H2,1,3-5H3/b7-6+,12-11+. The van der Waals surface area contributed by atoms with E-state index in [0.717, 1.165) is 0 Å². The number of carbonyl (C=O) groups is 2. The van der Waals surface area contributed by atoms with Crippen LogP contribution in [0.1, 0.15) is 17.3 Å². The molecule has 2 rings (SSSR count). The normalized spacial score (nSPS) is 14.5. The molecule has 7 nitrogen and oxygen atoms in total. The van der Waals surface area contributed by atoms with E-state index in [-0.39, 0.29) is 28.9 Å². The Labute approximate surface area is 152 Å². The monoisotopic (exact) mass is 355 g/mol. The summed E-state index contributed by atoms with van der Waals surface area (Å²) in [6.07, 6.45) is 6.04. The summed E-state index contributed by atoms with van der Waals surface area (Å²) in [5.74, 6) is -0.456. The van der Waals surface area contributed by atoms with Gasteiger partial charge < -0.3 is 14.7 Å². The minimum absolute atomic E-state index is 0.105. The van der Waals surface area contributed by atoms with Crippen LogP contribution in [0, 0.1) is 0 Å². The van der Waals surface area contributed by atoms with Gasteiger partial charge in [0.1, 0.15) is 0 Å². The highest BCUT2D eigenvalue weighted by Crippen LogP contribution is 2.36. The SMILES string of the molecule is C=C1C=Nc2cc(O)c(OC)cc2C(=O)N1/C=C(C)/C=C/C(=O)N(C)C. The maximum absolute atomic E-state index is 12.9. The van der Waals surface area contributed by atoms with Gasteiger partial charge in [0.25, 0.3) is 5.91 Å². The first kappa shape index (κ1) is 19.0. The topological polar surface area (TPSA) is 82.4 Å². The molecule has 1 heterocycles. The highest BCUT2D eigenvalue weighted by atomic mass is 16.5. The number of benzene rings is 1. The van der Waals surface area contributed by atoms with E-state index in [0.29, 0.717) is 17.0 Å². The summed E-state index contributed by atoms with van der Waals surface area (Å²) < 4.78 is 5.07. The van der Waals surface area contributed by atoms with Crippen LogP contribution in [-0.2, 0) is 4.79 Å². The van der Waals surface area contributed by atoms with Crippen molar-refractivity contribution in [1.29, 1.82) is 0 Å². The first-order valence-corrected chi connectivity index (χ1v) is 7.80. The average molecular weight is 355 g/mol. The van der Waals surface area contributed by atoms with Crippen LogP contribution in [0.4, 0.5) is 5.69 Å². The fourth-order valence-corrected chi connectivity index (χ4v) is 2.21. The molecule has 0 spiro atoms. The number of rotatable bonds is 4. The highest BCUT2D eigenvalue weighted by molar-refractivity contribution is 6.06. The van der Waals surface area contributed by atoms with Gasteiger partial charge in [-0.1, -0.05) is 12.7 Å². The van der Waals surface area contributed by atoms with Crippen LogP contribution in [0.15, 0.2) is 53.3 Å². The number of ether oxygens (including phenoxy) is 1. The minimum Gasteiger partial charge on any atom is -0.504 e. The predicted octanol–water partition coefficient (Wildman–Crippen LogP) is 2.62. The Balaban J connectivity index is 2.40. The number of fused-ring (bicyclic) bond motifs is 1. The lowest BCUT2D eigenvalue weighted by Crippen LogP contribution is -2.24. The average Bonchev–Trinajstić information content (AvgIpc) is 2.70. The molecule has 0 unspecified atom stereocenters. The number of methoxy groups -OCH3 is 1. The first-order chi connectivity index (χ1) is 12.2. The largest absolute Gasteiger partial charge is 0.504 e. The van der Waals surface area contributed by atoms with Crippen molar-refractivity contribution in [3.05, 3.63) is 53.9 Å². The van der Waals surface area contributed by atoms with Crippen LogP contribution in [0.25, 0.3) is 0 Å². The quantitative estimate of drug-likeness (QED) is 0.665. The number of nitrogens with zero attached hydrogens (tertiary/aromatic N) is 3. The number of amides is 2. The fourth-order valence-electron chi connectivity index (χ4n) is 2.21. The molecule has 26 heavy (non-hydrogen) atoms. The molecule has 0 aromatic heterocycles. The first-order valence-electron chi connectivity index (χ1n) is 7.80. The maximum atomic E-state index is 12.9. The van der Waals surface area contributed by atoms with Gasteiger partial charge in [-0.05, 0) is 18.6 Å². The van der Waals surface area contributed by atoms with Crippen LogP contribution in [0.3, 0.4) is 0 Å². The number of allylic oxidation sites excluding steroid dienone is 3. The number of aliphatic imine (C=N–C) groups is 1. The van der Waals surface area contributed by atoms with Crippen LogP contribution in [-0.4, -0.2) is 54.1 Å². The molecule has 0 fully saturated rings. The molecule has 0 saturated heterocycles. The van der Waals surface area contributed by atoms with E-state index < -0.39 is 0 Å². The van der Waals surface area contributed by atoms with Crippen molar-refractivity contribution in [2.75, 3.05) is 21.2 Å². The molecule has 1 aliphatic heterocycles. The number of hydrogen-bond donors (Lipinski definition) is 1. The molecule has 1 aromatic carbocycles. The number of phenolic OH excluding ortho intramolecular Hbond substituents is 1. The van der Waals surface area contributed by atoms with Gasteiger partial charge in [0.2, 0.25) is 5.91 Å². The van der Waals surface area contributed by atoms with E-state index in [1.165, 1.54) is 41.3 Å². The zero-order valence-corrected chi connectivity index (χ0v) is 15.2. The molecule has 1 aromatic rings. The van der Waals surface area contributed by atoms with Gasteiger partial charge >= 0.3 is 0 Å². The highest BCUT2D eigenvalue weighted by Gasteiger charge is 2.24. The van der Waals surface area contributed by atoms with Crippen LogP contribution in [0.5, 0.6) is 11.5 Å². The maximum Gasteiger partial charge on any atom is 0.264 e. The van der Waals surface area contributed by atoms with Gasteiger partial charge in [-0.2, -0.15) is 0 Å². The van der Waals surface area contributed by atoms with Crippen molar-refractivity contribution in [3.8, 4) is 11.5 Å². The summed E-state index contributed by atoms with van der Waals surface area (Å²) in [5.41, 5.74) is 1.63. The summed E-state index contributed by atoms with van der Waals surface area (Å²) in [6.45, 7) is 5.61. The zero-order valence-electron chi connectivity index (χ0n) is 15.2. The predicted molar refractivity (Wildman–Crippen MR) is 99.7 cm³/mol. The smallest absolute Gasteiger partial charge is 0.264 e. The third-order valence-electron chi connectivity index (χ3n) is 3.67. The number of carbonyl (C=O) groups excluding carboxylic acids is 2. The van der Waals surface area contributed by atoms with Gasteiger partial charge in [-0.15, -0.1) is 0 Å². The van der Waals surface area contributed by atoms with E-state index in [4.69, 9.17) is 4.74 Å². The lowest BCUT2D eigenvalue weighted by molar-refractivity contribution is -0.123. The Morgan fingerprint density at radius 3 is 2.65 bits per heavy atom. The second-order valence-electron chi connectivity index (χ2n) is 5.91. The Morgan fingerprint density at radius 1 is 1.35 bits per heavy atom. The Morgan fingerprint density at radius 2 is 2.04 bits per heavy atom. The molecule has 0 atom stereocenters. The number of aromatic hydroxyl groups is 1. The minimum atomic E-state index is -0.368. The molecule has 1 N–H and O–H groups in total. The van der Waals surface area contributed by atoms with Crippen LogP contribution < -0.4 is 4.74 Å². The lowest BCUT2D eigenvalue weighted by atomic mass is 10.1. The molecule has 1 aliphatic rings. The summed E-state index contributed by atoms with van der Waals surface area (Å²) in [5, 5.41) is 9.89. The summed E-state index contributed by atoms with van der Waals surface area (Å²) in [6, 6.07) is 2.80. The van der Waals surface area contributed by atoms with Gasteiger partial charge in [0, 0.05) is 32.4 Å². The van der Waals surface area contributed by atoms with E-state index >= 15 is 0 Å². The van der Waals surface area contributed by atoms with Gasteiger partial charge in [-0.3, -0.25) is 19.5 Å². The van der Waals surface area contributed by atoms with Crippen LogP contribution >= 0.6 is 0 Å². The lowest BCUT2D eigenvalue weighted by Gasteiger charge is -2.18. The molecule has 136 valence electrons. The second-order valence-corrected chi connectivity index (χ2v) is 5.91. The summed E-state index contributed by atoms with van der Waals surface area (Å²) >= 11 is 0. The van der Waals surface area contributed by atoms with Crippen molar-refractivity contribution in [1.82, 2.24) is 9.80 Å². The molecule has 2 amide bonds. The molecule has 0 saturated carbocycles. The van der Waals surface area contributed by atoms with E-state index in [1.807, 2.05) is 0 Å². The number of hydrogen-bond acceptors (Lipinski definition) is 5. The molecular formula is C19H21N3O4. The Bertz CT molecular complexity index is 851. The fraction of sp³-hybridized carbons (Fsp3) is 0.211. The van der Waals surface area contributed by atoms with Crippen molar-refractivity contribution in [2.45, 2.75) is 6.92 Å². The van der Waals surface area contributed by atoms with Gasteiger partial charge in [0.15, 0.2) is 11.5 Å². The van der Waals surface area contributed by atoms with E-state index in [2.05, 4.69) is 11.6 Å². The number of likely N-dealkylation sites (N-methyl/N-ethyl adjacent to an activating group) is 1. The third-order valence-corrected chi connectivity index (χ3v) is 3.67. The molecule has 7 heteroatoms. The summed E-state index contributed by atoms with van der Waals surface area (Å²) in [7, 11) is 4.71. The van der Waals surface area contributed by atoms with Crippen molar-refractivity contribution < 1.29 is 19.4 Å². The molecular weight excluding hydrogens is 334 g/mol. The summed E-state index contributed by atoms with van der Waals surface area (Å²) in [4.78, 5) is 31.5. The number of phenols is 1. The van der Waals surface area contributed by atoms with Crippen molar-refractivity contribution >= 4 is 23.7 Å². The Hall–Kier alpha value is -3.35. The Kier molecular flexibility index (Phi) is 5.61.